The van der Waals surface area contributed by atoms with Crippen molar-refractivity contribution in [2.75, 3.05) is 0 Å². The highest BCUT2D eigenvalue weighted by Crippen LogP contribution is 2.01. The summed E-state index contributed by atoms with van der Waals surface area (Å²) < 4.78 is 13.9. The zero-order valence-corrected chi connectivity index (χ0v) is 10.9. The van der Waals surface area contributed by atoms with Crippen LogP contribution < -0.4 is 16.4 Å². The molecule has 0 fully saturated rings. The third-order valence-electron chi connectivity index (χ3n) is 2.63. The van der Waals surface area contributed by atoms with Crippen LogP contribution in [0.1, 0.15) is 10.4 Å². The molecule has 0 atom stereocenters. The van der Waals surface area contributed by atoms with Crippen molar-refractivity contribution in [3.63, 3.8) is 0 Å². The van der Waals surface area contributed by atoms with E-state index in [2.05, 4.69) is 10.9 Å². The van der Waals surface area contributed by atoms with Crippen LogP contribution >= 0.6 is 0 Å². The number of pyridine rings is 1. The van der Waals surface area contributed by atoms with E-state index < -0.39 is 17.6 Å². The van der Waals surface area contributed by atoms with Crippen LogP contribution in [0.4, 0.5) is 4.39 Å². The Morgan fingerprint density at radius 1 is 1.05 bits per heavy atom. The average molecular weight is 289 g/mol. The summed E-state index contributed by atoms with van der Waals surface area (Å²) in [6.45, 7) is -0.219. The number of hydrogen-bond acceptors (Lipinski definition) is 3. The number of hydrazine groups is 1. The molecule has 2 rings (SSSR count). The maximum absolute atomic E-state index is 12.7. The Bertz CT molecular complexity index is 710. The van der Waals surface area contributed by atoms with Gasteiger partial charge < -0.3 is 4.57 Å². The Balaban J connectivity index is 1.89. The second kappa shape index (κ2) is 6.47. The Hall–Kier alpha value is -2.96. The standard InChI is InChI=1S/C14H12FN3O3/c15-11-6-4-10(5-7-11)14(21)17-16-12(19)9-18-8-2-1-3-13(18)20/h1-8H,9H2,(H,16,19)(H,17,21). The summed E-state index contributed by atoms with van der Waals surface area (Å²) in [6.07, 6.45) is 1.46. The minimum atomic E-state index is -0.580. The quantitative estimate of drug-likeness (QED) is 0.805. The highest BCUT2D eigenvalue weighted by molar-refractivity contribution is 5.95. The molecule has 0 aliphatic heterocycles. The normalized spacial score (nSPS) is 9.95. The predicted molar refractivity (Wildman–Crippen MR) is 72.7 cm³/mol. The predicted octanol–water partition coefficient (Wildman–Crippen LogP) is 0.449. The Morgan fingerprint density at radius 3 is 2.43 bits per heavy atom. The van der Waals surface area contributed by atoms with Crippen LogP contribution in [-0.4, -0.2) is 16.4 Å². The Kier molecular flexibility index (Phi) is 4.45. The van der Waals surface area contributed by atoms with Gasteiger partial charge in [0.15, 0.2) is 0 Å². The minimum Gasteiger partial charge on any atom is -0.306 e. The molecule has 2 N–H and O–H groups in total. The lowest BCUT2D eigenvalue weighted by Gasteiger charge is -2.08. The Morgan fingerprint density at radius 2 is 1.76 bits per heavy atom. The zero-order valence-electron chi connectivity index (χ0n) is 10.9. The molecule has 1 aromatic heterocycles. The van der Waals surface area contributed by atoms with E-state index in [1.54, 1.807) is 12.1 Å². The van der Waals surface area contributed by atoms with Crippen molar-refractivity contribution >= 4 is 11.8 Å². The smallest absolute Gasteiger partial charge is 0.269 e. The summed E-state index contributed by atoms with van der Waals surface area (Å²) in [7, 11) is 0. The molecule has 1 heterocycles. The van der Waals surface area contributed by atoms with Crippen molar-refractivity contribution in [2.45, 2.75) is 6.54 Å². The van der Waals surface area contributed by atoms with Crippen LogP contribution in [0, 0.1) is 5.82 Å². The molecule has 0 radical (unpaired) electrons. The number of amides is 2. The molecule has 0 saturated heterocycles. The van der Waals surface area contributed by atoms with E-state index in [0.29, 0.717) is 0 Å². The summed E-state index contributed by atoms with van der Waals surface area (Å²) in [5.74, 6) is -1.60. The van der Waals surface area contributed by atoms with E-state index in [1.807, 2.05) is 0 Å². The van der Waals surface area contributed by atoms with Crippen molar-refractivity contribution in [2.24, 2.45) is 0 Å². The van der Waals surface area contributed by atoms with Gasteiger partial charge in [0.05, 0.1) is 0 Å². The van der Waals surface area contributed by atoms with Crippen molar-refractivity contribution in [1.82, 2.24) is 15.4 Å². The summed E-state index contributed by atoms with van der Waals surface area (Å²) in [5, 5.41) is 0. The largest absolute Gasteiger partial charge is 0.306 e. The summed E-state index contributed by atoms with van der Waals surface area (Å²) in [5.41, 5.74) is 4.24. The summed E-state index contributed by atoms with van der Waals surface area (Å²) in [4.78, 5) is 34.7. The number of nitrogens with one attached hydrogen (secondary N) is 2. The number of hydrogen-bond donors (Lipinski definition) is 2. The van der Waals surface area contributed by atoms with E-state index in [4.69, 9.17) is 0 Å². The molecule has 2 aromatic rings. The lowest BCUT2D eigenvalue weighted by Crippen LogP contribution is -2.44. The van der Waals surface area contributed by atoms with Gasteiger partial charge in [-0.25, -0.2) is 4.39 Å². The fourth-order valence-corrected chi connectivity index (χ4v) is 1.59. The molecule has 7 heteroatoms. The first kappa shape index (κ1) is 14.4. The molecule has 0 bridgehead atoms. The molecular formula is C14H12FN3O3. The summed E-state index contributed by atoms with van der Waals surface area (Å²) in [6, 6.07) is 9.36. The maximum atomic E-state index is 12.7. The van der Waals surface area contributed by atoms with E-state index in [9.17, 15) is 18.8 Å². The van der Waals surface area contributed by atoms with Gasteiger partial charge in [-0.3, -0.25) is 25.2 Å². The first-order chi connectivity index (χ1) is 10.1. The number of carbonyl (C=O) groups excluding carboxylic acids is 2. The van der Waals surface area contributed by atoms with E-state index in [-0.39, 0.29) is 17.7 Å². The average Bonchev–Trinajstić information content (AvgIpc) is 2.48. The number of carbonyl (C=O) groups is 2. The lowest BCUT2D eigenvalue weighted by molar-refractivity contribution is -0.122. The number of benzene rings is 1. The first-order valence-corrected chi connectivity index (χ1v) is 6.06. The number of aromatic nitrogens is 1. The second-order valence-corrected chi connectivity index (χ2v) is 4.18. The van der Waals surface area contributed by atoms with Crippen LogP contribution in [0.2, 0.25) is 0 Å². The van der Waals surface area contributed by atoms with Gasteiger partial charge in [-0.2, -0.15) is 0 Å². The fraction of sp³-hybridized carbons (Fsp3) is 0.0714. The molecular weight excluding hydrogens is 277 g/mol. The van der Waals surface area contributed by atoms with E-state index in [0.717, 1.165) is 12.1 Å². The van der Waals surface area contributed by atoms with Crippen LogP contribution in [0.25, 0.3) is 0 Å². The molecule has 1 aromatic carbocycles. The van der Waals surface area contributed by atoms with Crippen LogP contribution in [0.3, 0.4) is 0 Å². The first-order valence-electron chi connectivity index (χ1n) is 6.06. The Labute approximate surface area is 119 Å². The molecule has 0 spiro atoms. The highest BCUT2D eigenvalue weighted by Gasteiger charge is 2.08. The van der Waals surface area contributed by atoms with Gasteiger partial charge in [0.25, 0.3) is 17.4 Å². The molecule has 0 unspecified atom stereocenters. The SMILES string of the molecule is O=C(Cn1ccccc1=O)NNC(=O)c1ccc(F)cc1. The molecule has 6 nitrogen and oxygen atoms in total. The molecule has 108 valence electrons. The van der Waals surface area contributed by atoms with E-state index in [1.165, 1.54) is 29.0 Å². The van der Waals surface area contributed by atoms with Crippen LogP contribution in [-0.2, 0) is 11.3 Å². The number of rotatable bonds is 3. The molecule has 21 heavy (non-hydrogen) atoms. The van der Waals surface area contributed by atoms with Crippen LogP contribution in [0.5, 0.6) is 0 Å². The van der Waals surface area contributed by atoms with Gasteiger partial charge in [0.2, 0.25) is 0 Å². The molecule has 2 amide bonds. The monoisotopic (exact) mass is 289 g/mol. The number of nitrogens with zero attached hydrogens (tertiary/aromatic N) is 1. The van der Waals surface area contributed by atoms with Crippen molar-refractivity contribution < 1.29 is 14.0 Å². The topological polar surface area (TPSA) is 80.2 Å². The van der Waals surface area contributed by atoms with E-state index >= 15 is 0 Å². The molecule has 0 aliphatic carbocycles. The van der Waals surface area contributed by atoms with Gasteiger partial charge in [0.1, 0.15) is 12.4 Å². The fourth-order valence-electron chi connectivity index (χ4n) is 1.59. The van der Waals surface area contributed by atoms with Gasteiger partial charge >= 0.3 is 0 Å². The van der Waals surface area contributed by atoms with Gasteiger partial charge in [-0.1, -0.05) is 6.07 Å². The maximum Gasteiger partial charge on any atom is 0.269 e. The minimum absolute atomic E-state index is 0.202. The third-order valence-corrected chi connectivity index (χ3v) is 2.63. The van der Waals surface area contributed by atoms with Gasteiger partial charge in [-0.15, -0.1) is 0 Å². The van der Waals surface area contributed by atoms with Crippen LogP contribution in [0.15, 0.2) is 53.5 Å². The molecule has 0 aliphatic rings. The zero-order chi connectivity index (χ0) is 15.2. The van der Waals surface area contributed by atoms with Crippen molar-refractivity contribution in [3.05, 3.63) is 70.4 Å². The third kappa shape index (κ3) is 4.00. The van der Waals surface area contributed by atoms with Crippen molar-refractivity contribution in [1.29, 1.82) is 0 Å². The molecule has 0 saturated carbocycles. The number of halogens is 1. The van der Waals surface area contributed by atoms with Gasteiger partial charge in [-0.05, 0) is 30.3 Å². The highest BCUT2D eigenvalue weighted by atomic mass is 19.1. The van der Waals surface area contributed by atoms with Gasteiger partial charge in [0, 0.05) is 17.8 Å². The second-order valence-electron chi connectivity index (χ2n) is 4.18. The summed E-state index contributed by atoms with van der Waals surface area (Å²) >= 11 is 0. The lowest BCUT2D eigenvalue weighted by atomic mass is 10.2. The van der Waals surface area contributed by atoms with Crippen molar-refractivity contribution in [3.8, 4) is 0 Å².